The smallest absolute Gasteiger partial charge is 0.406 e. The molecule has 0 aliphatic heterocycles. The van der Waals surface area contributed by atoms with E-state index in [1.165, 1.54) is 14.0 Å². The highest BCUT2D eigenvalue weighted by molar-refractivity contribution is 5.89. The lowest BCUT2D eigenvalue weighted by molar-refractivity contribution is -0.114. The lowest BCUT2D eigenvalue weighted by Gasteiger charge is -2.07. The molecule has 3 aromatic rings. The fourth-order valence-corrected chi connectivity index (χ4v) is 2.94. The molecule has 0 aliphatic carbocycles. The third kappa shape index (κ3) is 3.85. The van der Waals surface area contributed by atoms with Crippen molar-refractivity contribution in [2.24, 2.45) is 0 Å². The normalized spacial score (nSPS) is 10.5. The minimum absolute atomic E-state index is 0.0930. The first-order chi connectivity index (χ1) is 12.6. The Labute approximate surface area is 151 Å². The second-order valence-electron chi connectivity index (χ2n) is 5.94. The molecule has 6 nitrogen and oxygen atoms in total. The van der Waals surface area contributed by atoms with E-state index in [0.717, 1.165) is 27.8 Å². The molecule has 2 amide bonds. The van der Waals surface area contributed by atoms with E-state index in [1.54, 1.807) is 0 Å². The summed E-state index contributed by atoms with van der Waals surface area (Å²) in [6, 6.07) is 15.8. The Balaban J connectivity index is 1.88. The monoisotopic (exact) mass is 351 g/mol. The maximum absolute atomic E-state index is 11.2. The second-order valence-corrected chi connectivity index (χ2v) is 5.94. The zero-order valence-electron chi connectivity index (χ0n) is 14.8. The number of rotatable bonds is 5. The summed E-state index contributed by atoms with van der Waals surface area (Å²) in [5, 5.41) is 6.62. The van der Waals surface area contributed by atoms with Crippen LogP contribution >= 0.6 is 0 Å². The maximum Gasteiger partial charge on any atom is 0.406 e. The van der Waals surface area contributed by atoms with Gasteiger partial charge in [-0.05, 0) is 42.3 Å². The highest BCUT2D eigenvalue weighted by Crippen LogP contribution is 2.26. The van der Waals surface area contributed by atoms with Crippen LogP contribution in [0.2, 0.25) is 0 Å². The van der Waals surface area contributed by atoms with Crippen LogP contribution < -0.4 is 10.6 Å². The van der Waals surface area contributed by atoms with Crippen molar-refractivity contribution >= 4 is 28.6 Å². The van der Waals surface area contributed by atoms with Gasteiger partial charge < -0.3 is 19.9 Å². The largest absolute Gasteiger partial charge is 0.453 e. The summed E-state index contributed by atoms with van der Waals surface area (Å²) >= 11 is 0. The number of anilines is 1. The standard InChI is InChI=1S/C20H21N3O3/c1-14(24)22-16-7-9-17(10-8-16)23-13-15(11-12-21-20(25)26-2)18-5-3-4-6-19(18)23/h3-10,13H,11-12H2,1-2H3,(H,21,25)(H,22,24). The number of carbonyl (C=O) groups is 2. The Bertz CT molecular complexity index is 929. The Morgan fingerprint density at radius 3 is 2.50 bits per heavy atom. The van der Waals surface area contributed by atoms with Gasteiger partial charge in [0, 0.05) is 36.4 Å². The summed E-state index contributed by atoms with van der Waals surface area (Å²) in [6.45, 7) is 1.99. The third-order valence-electron chi connectivity index (χ3n) is 4.11. The molecule has 26 heavy (non-hydrogen) atoms. The summed E-state index contributed by atoms with van der Waals surface area (Å²) in [6.07, 6.45) is 2.35. The topological polar surface area (TPSA) is 72.4 Å². The van der Waals surface area contributed by atoms with E-state index >= 15 is 0 Å². The number of fused-ring (bicyclic) bond motifs is 1. The minimum atomic E-state index is -0.428. The van der Waals surface area contributed by atoms with Crippen molar-refractivity contribution in [2.45, 2.75) is 13.3 Å². The van der Waals surface area contributed by atoms with Gasteiger partial charge in [-0.3, -0.25) is 4.79 Å². The summed E-state index contributed by atoms with van der Waals surface area (Å²) in [7, 11) is 1.35. The zero-order chi connectivity index (χ0) is 18.5. The van der Waals surface area contributed by atoms with Crippen molar-refractivity contribution in [1.82, 2.24) is 9.88 Å². The predicted molar refractivity (Wildman–Crippen MR) is 102 cm³/mol. The number of nitrogens with zero attached hydrogens (tertiary/aromatic N) is 1. The van der Waals surface area contributed by atoms with Gasteiger partial charge in [0.05, 0.1) is 12.6 Å². The van der Waals surface area contributed by atoms with E-state index < -0.39 is 6.09 Å². The van der Waals surface area contributed by atoms with E-state index in [1.807, 2.05) is 36.4 Å². The van der Waals surface area contributed by atoms with Crippen LogP contribution in [0.4, 0.5) is 10.5 Å². The van der Waals surface area contributed by atoms with Crippen LogP contribution in [0.25, 0.3) is 16.6 Å². The summed E-state index contributed by atoms with van der Waals surface area (Å²) < 4.78 is 6.72. The minimum Gasteiger partial charge on any atom is -0.453 e. The number of aromatic nitrogens is 1. The number of hydrogen-bond acceptors (Lipinski definition) is 3. The molecule has 0 unspecified atom stereocenters. The molecular formula is C20H21N3O3. The van der Waals surface area contributed by atoms with Gasteiger partial charge in [0.1, 0.15) is 0 Å². The van der Waals surface area contributed by atoms with Crippen LogP contribution in [0.15, 0.2) is 54.7 Å². The zero-order valence-corrected chi connectivity index (χ0v) is 14.8. The van der Waals surface area contributed by atoms with E-state index in [2.05, 4.69) is 38.3 Å². The molecule has 0 saturated carbocycles. The van der Waals surface area contributed by atoms with Gasteiger partial charge in [-0.15, -0.1) is 0 Å². The fraction of sp³-hybridized carbons (Fsp3) is 0.200. The van der Waals surface area contributed by atoms with Crippen LogP contribution in [-0.4, -0.2) is 30.2 Å². The SMILES string of the molecule is COC(=O)NCCc1cn(-c2ccc(NC(C)=O)cc2)c2ccccc12. The van der Waals surface area contributed by atoms with E-state index in [0.29, 0.717) is 13.0 Å². The maximum atomic E-state index is 11.2. The van der Waals surface area contributed by atoms with Gasteiger partial charge >= 0.3 is 6.09 Å². The van der Waals surface area contributed by atoms with Gasteiger partial charge in [-0.25, -0.2) is 4.79 Å². The molecule has 3 rings (SSSR count). The molecule has 1 aromatic heterocycles. The number of amides is 2. The predicted octanol–water partition coefficient (Wildman–Crippen LogP) is 3.49. The number of ether oxygens (including phenoxy) is 1. The molecule has 2 aromatic carbocycles. The van der Waals surface area contributed by atoms with Gasteiger partial charge in [-0.2, -0.15) is 0 Å². The Morgan fingerprint density at radius 1 is 1.08 bits per heavy atom. The quantitative estimate of drug-likeness (QED) is 0.739. The Morgan fingerprint density at radius 2 is 1.81 bits per heavy atom. The average molecular weight is 351 g/mol. The molecule has 6 heteroatoms. The number of hydrogen-bond donors (Lipinski definition) is 2. The molecule has 1 heterocycles. The second kappa shape index (κ2) is 7.74. The Hall–Kier alpha value is -3.28. The molecule has 0 spiro atoms. The Kier molecular flexibility index (Phi) is 5.22. The van der Waals surface area contributed by atoms with Crippen molar-refractivity contribution in [1.29, 1.82) is 0 Å². The molecule has 0 aliphatic rings. The number of para-hydroxylation sites is 1. The van der Waals surface area contributed by atoms with Gasteiger partial charge in [0.2, 0.25) is 5.91 Å². The fourth-order valence-electron chi connectivity index (χ4n) is 2.94. The van der Waals surface area contributed by atoms with Gasteiger partial charge in [0.25, 0.3) is 0 Å². The molecular weight excluding hydrogens is 330 g/mol. The molecule has 134 valence electrons. The molecule has 0 atom stereocenters. The van der Waals surface area contributed by atoms with Crippen molar-refractivity contribution < 1.29 is 14.3 Å². The first-order valence-corrected chi connectivity index (χ1v) is 8.37. The van der Waals surface area contributed by atoms with Crippen molar-refractivity contribution in [2.75, 3.05) is 19.0 Å². The number of alkyl carbamates (subject to hydrolysis) is 1. The molecule has 0 fully saturated rings. The van der Waals surface area contributed by atoms with Crippen molar-refractivity contribution in [3.63, 3.8) is 0 Å². The third-order valence-corrected chi connectivity index (χ3v) is 4.11. The number of carbonyl (C=O) groups excluding carboxylic acids is 2. The number of nitrogens with one attached hydrogen (secondary N) is 2. The summed E-state index contributed by atoms with van der Waals surface area (Å²) in [4.78, 5) is 22.4. The number of benzene rings is 2. The van der Waals surface area contributed by atoms with E-state index in [4.69, 9.17) is 0 Å². The first-order valence-electron chi connectivity index (χ1n) is 8.37. The van der Waals surface area contributed by atoms with Crippen molar-refractivity contribution in [3.8, 4) is 5.69 Å². The van der Waals surface area contributed by atoms with E-state index in [9.17, 15) is 9.59 Å². The highest BCUT2D eigenvalue weighted by Gasteiger charge is 2.10. The van der Waals surface area contributed by atoms with Crippen LogP contribution in [0.1, 0.15) is 12.5 Å². The van der Waals surface area contributed by atoms with Crippen molar-refractivity contribution in [3.05, 3.63) is 60.3 Å². The van der Waals surface area contributed by atoms with E-state index in [-0.39, 0.29) is 5.91 Å². The van der Waals surface area contributed by atoms with Crippen LogP contribution in [0.3, 0.4) is 0 Å². The molecule has 0 bridgehead atoms. The molecule has 0 radical (unpaired) electrons. The van der Waals surface area contributed by atoms with Gasteiger partial charge in [-0.1, -0.05) is 18.2 Å². The number of methoxy groups -OCH3 is 1. The molecule has 2 N–H and O–H groups in total. The lowest BCUT2D eigenvalue weighted by Crippen LogP contribution is -2.25. The van der Waals surface area contributed by atoms with Crippen LogP contribution in [0.5, 0.6) is 0 Å². The van der Waals surface area contributed by atoms with Crippen LogP contribution in [-0.2, 0) is 16.0 Å². The lowest BCUT2D eigenvalue weighted by atomic mass is 10.1. The highest BCUT2D eigenvalue weighted by atomic mass is 16.5. The summed E-state index contributed by atoms with van der Waals surface area (Å²) in [5.41, 5.74) is 4.00. The summed E-state index contributed by atoms with van der Waals surface area (Å²) in [5.74, 6) is -0.0930. The van der Waals surface area contributed by atoms with Gasteiger partial charge in [0.15, 0.2) is 0 Å². The molecule has 0 saturated heterocycles. The average Bonchev–Trinajstić information content (AvgIpc) is 3.01. The van der Waals surface area contributed by atoms with Crippen LogP contribution in [0, 0.1) is 0 Å². The first kappa shape index (κ1) is 17.5.